The molecule has 0 fully saturated rings. The summed E-state index contributed by atoms with van der Waals surface area (Å²) >= 11 is 1.43. The number of rotatable bonds is 6. The zero-order chi connectivity index (χ0) is 19.2. The molecule has 0 saturated carbocycles. The third kappa shape index (κ3) is 4.10. The molecule has 0 aliphatic heterocycles. The average molecular weight is 378 g/mol. The molecule has 0 bridgehead atoms. The van der Waals surface area contributed by atoms with E-state index in [1.807, 2.05) is 41.8 Å². The van der Waals surface area contributed by atoms with Crippen LogP contribution >= 0.6 is 11.3 Å². The van der Waals surface area contributed by atoms with E-state index in [0.717, 1.165) is 22.6 Å². The lowest BCUT2D eigenvalue weighted by molar-refractivity contribution is 0.394. The monoisotopic (exact) mass is 378 g/mol. The number of thiazole rings is 1. The highest BCUT2D eigenvalue weighted by Gasteiger charge is 2.11. The Morgan fingerprint density at radius 3 is 2.33 bits per heavy atom. The van der Waals surface area contributed by atoms with Gasteiger partial charge in [0.2, 0.25) is 0 Å². The van der Waals surface area contributed by atoms with E-state index in [0.29, 0.717) is 22.1 Å². The van der Waals surface area contributed by atoms with Crippen LogP contribution in [0.1, 0.15) is 10.6 Å². The summed E-state index contributed by atoms with van der Waals surface area (Å²) in [7, 11) is 4.82. The summed E-state index contributed by atoms with van der Waals surface area (Å²) in [5, 5.41) is 12.2. The lowest BCUT2D eigenvalue weighted by atomic mass is 10.1. The molecule has 5 nitrogen and oxygen atoms in total. The molecule has 27 heavy (non-hydrogen) atoms. The summed E-state index contributed by atoms with van der Waals surface area (Å²) in [5.74, 6) is 2.12. The third-order valence-electron chi connectivity index (χ3n) is 3.98. The van der Waals surface area contributed by atoms with Gasteiger partial charge in [0.1, 0.15) is 28.3 Å². The van der Waals surface area contributed by atoms with Crippen molar-refractivity contribution in [3.8, 4) is 34.6 Å². The molecule has 0 radical (unpaired) electrons. The quantitative estimate of drug-likeness (QED) is 0.571. The molecule has 0 spiro atoms. The number of nitrogens with zero attached hydrogens (tertiary/aromatic N) is 2. The van der Waals surface area contributed by atoms with Crippen molar-refractivity contribution in [1.29, 1.82) is 5.26 Å². The first-order valence-corrected chi connectivity index (χ1v) is 9.00. The van der Waals surface area contributed by atoms with Crippen LogP contribution in [0.15, 0.2) is 47.8 Å². The fourth-order valence-corrected chi connectivity index (χ4v) is 3.32. The maximum atomic E-state index is 9.62. The molecule has 0 saturated heterocycles. The van der Waals surface area contributed by atoms with Gasteiger partial charge in [-0.15, -0.1) is 11.3 Å². The van der Waals surface area contributed by atoms with Gasteiger partial charge in [0.15, 0.2) is 0 Å². The van der Waals surface area contributed by atoms with Gasteiger partial charge in [-0.2, -0.15) is 5.26 Å². The SMILES string of the molecule is COc1ccc(-c2csc(/C(C#N)=C\c3ccc(OC)cc3OC)n2)cc1. The predicted molar refractivity (Wildman–Crippen MR) is 107 cm³/mol. The second kappa shape index (κ2) is 8.39. The number of benzene rings is 2. The zero-order valence-corrected chi connectivity index (χ0v) is 16.0. The largest absolute Gasteiger partial charge is 0.497 e. The Hall–Kier alpha value is -3.30. The van der Waals surface area contributed by atoms with Crippen LogP contribution in [0.4, 0.5) is 0 Å². The molecule has 3 rings (SSSR count). The van der Waals surface area contributed by atoms with Gasteiger partial charge in [-0.25, -0.2) is 4.98 Å². The second-order valence-corrected chi connectivity index (χ2v) is 6.40. The molecule has 2 aromatic carbocycles. The van der Waals surface area contributed by atoms with Gasteiger partial charge in [-0.05, 0) is 42.5 Å². The van der Waals surface area contributed by atoms with E-state index in [-0.39, 0.29) is 0 Å². The van der Waals surface area contributed by atoms with E-state index >= 15 is 0 Å². The summed E-state index contributed by atoms with van der Waals surface area (Å²) in [6.45, 7) is 0. The Kier molecular flexibility index (Phi) is 5.74. The van der Waals surface area contributed by atoms with Crippen LogP contribution < -0.4 is 14.2 Å². The minimum Gasteiger partial charge on any atom is -0.497 e. The van der Waals surface area contributed by atoms with Gasteiger partial charge < -0.3 is 14.2 Å². The Labute approximate surface area is 162 Å². The van der Waals surface area contributed by atoms with E-state index in [9.17, 15) is 5.26 Å². The summed E-state index contributed by atoms with van der Waals surface area (Å²) < 4.78 is 15.8. The molecular weight excluding hydrogens is 360 g/mol. The van der Waals surface area contributed by atoms with Crippen molar-refractivity contribution in [2.24, 2.45) is 0 Å². The van der Waals surface area contributed by atoms with Crippen molar-refractivity contribution < 1.29 is 14.2 Å². The van der Waals surface area contributed by atoms with E-state index in [1.54, 1.807) is 33.5 Å². The van der Waals surface area contributed by atoms with Gasteiger partial charge in [0, 0.05) is 22.6 Å². The Morgan fingerprint density at radius 2 is 1.70 bits per heavy atom. The molecule has 0 N–H and O–H groups in total. The normalized spacial score (nSPS) is 11.0. The van der Waals surface area contributed by atoms with E-state index in [1.165, 1.54) is 11.3 Å². The number of hydrogen-bond donors (Lipinski definition) is 0. The number of ether oxygens (including phenoxy) is 3. The van der Waals surface area contributed by atoms with Crippen molar-refractivity contribution in [3.63, 3.8) is 0 Å². The van der Waals surface area contributed by atoms with Crippen LogP contribution in [0, 0.1) is 11.3 Å². The van der Waals surface area contributed by atoms with Crippen molar-refractivity contribution >= 4 is 23.0 Å². The van der Waals surface area contributed by atoms with Crippen LogP contribution in [0.2, 0.25) is 0 Å². The third-order valence-corrected chi connectivity index (χ3v) is 4.86. The molecule has 136 valence electrons. The minimum atomic E-state index is 0.475. The second-order valence-electron chi connectivity index (χ2n) is 5.54. The van der Waals surface area contributed by atoms with Crippen LogP contribution in [0.5, 0.6) is 17.2 Å². The highest BCUT2D eigenvalue weighted by molar-refractivity contribution is 7.11. The fraction of sp³-hybridized carbons (Fsp3) is 0.143. The molecule has 1 heterocycles. The first kappa shape index (κ1) is 18.5. The van der Waals surface area contributed by atoms with E-state index < -0.39 is 0 Å². The van der Waals surface area contributed by atoms with E-state index in [4.69, 9.17) is 14.2 Å². The topological polar surface area (TPSA) is 64.4 Å². The summed E-state index contributed by atoms with van der Waals surface area (Å²) in [4.78, 5) is 4.61. The minimum absolute atomic E-state index is 0.475. The van der Waals surface area contributed by atoms with Gasteiger partial charge >= 0.3 is 0 Å². The molecular formula is C21H18N2O3S. The zero-order valence-electron chi connectivity index (χ0n) is 15.2. The van der Waals surface area contributed by atoms with Crippen molar-refractivity contribution in [2.75, 3.05) is 21.3 Å². The average Bonchev–Trinajstić information content (AvgIpc) is 3.22. The predicted octanol–water partition coefficient (Wildman–Crippen LogP) is 4.90. The maximum Gasteiger partial charge on any atom is 0.134 e. The first-order valence-electron chi connectivity index (χ1n) is 8.12. The van der Waals surface area contributed by atoms with Gasteiger partial charge in [-0.1, -0.05) is 0 Å². The number of nitriles is 1. The summed E-state index contributed by atoms with van der Waals surface area (Å²) in [6, 6.07) is 15.4. The van der Waals surface area contributed by atoms with Gasteiger partial charge in [0.05, 0.1) is 32.6 Å². The number of aromatic nitrogens is 1. The van der Waals surface area contributed by atoms with Crippen molar-refractivity contribution in [1.82, 2.24) is 4.98 Å². The fourth-order valence-electron chi connectivity index (χ4n) is 2.53. The number of hydrogen-bond acceptors (Lipinski definition) is 6. The molecule has 6 heteroatoms. The Bertz CT molecular complexity index is 1000. The number of methoxy groups -OCH3 is 3. The maximum absolute atomic E-state index is 9.62. The lowest BCUT2D eigenvalue weighted by Crippen LogP contribution is -1.90. The molecule has 0 unspecified atom stereocenters. The molecule has 0 aliphatic carbocycles. The Morgan fingerprint density at radius 1 is 1.00 bits per heavy atom. The van der Waals surface area contributed by atoms with Gasteiger partial charge in [0.25, 0.3) is 0 Å². The highest BCUT2D eigenvalue weighted by atomic mass is 32.1. The summed E-state index contributed by atoms with van der Waals surface area (Å²) in [5.41, 5.74) is 3.05. The summed E-state index contributed by atoms with van der Waals surface area (Å²) in [6.07, 6.45) is 1.77. The van der Waals surface area contributed by atoms with E-state index in [2.05, 4.69) is 11.1 Å². The van der Waals surface area contributed by atoms with Gasteiger partial charge in [-0.3, -0.25) is 0 Å². The molecule has 3 aromatic rings. The molecule has 0 atom stereocenters. The first-order chi connectivity index (χ1) is 13.2. The Balaban J connectivity index is 1.93. The number of allylic oxidation sites excluding steroid dienone is 1. The lowest BCUT2D eigenvalue weighted by Gasteiger charge is -2.07. The molecule has 0 amide bonds. The van der Waals surface area contributed by atoms with Crippen LogP contribution in [-0.2, 0) is 0 Å². The highest BCUT2D eigenvalue weighted by Crippen LogP contribution is 2.31. The standard InChI is InChI=1S/C21H18N2O3S/c1-24-17-7-4-14(5-8-17)19-13-27-21(23-19)16(12-22)10-15-6-9-18(25-2)11-20(15)26-3/h4-11,13H,1-3H3/b16-10-. The van der Waals surface area contributed by atoms with Crippen LogP contribution in [-0.4, -0.2) is 26.3 Å². The molecule has 1 aromatic heterocycles. The van der Waals surface area contributed by atoms with Crippen molar-refractivity contribution in [3.05, 3.63) is 58.4 Å². The smallest absolute Gasteiger partial charge is 0.134 e. The van der Waals surface area contributed by atoms with Crippen molar-refractivity contribution in [2.45, 2.75) is 0 Å². The van der Waals surface area contributed by atoms with Crippen LogP contribution in [0.25, 0.3) is 22.9 Å². The molecule has 0 aliphatic rings. The van der Waals surface area contributed by atoms with Crippen LogP contribution in [0.3, 0.4) is 0 Å².